The molecule has 2 aromatic rings. The fraction of sp³-hybridized carbons (Fsp3) is 0.0714. The third kappa shape index (κ3) is 2.52. The average molecular weight is 244 g/mol. The molecule has 16 heavy (non-hydrogen) atoms. The standard InChI is InChI=1S/C14H12S2/c1-10-2-4-11(5-3-10)14(16)12-6-8-13(15)9-7-12/h2-9,15H,1H3. The number of aryl methyl sites for hydroxylation is 1. The molecular formula is C14H12S2. The van der Waals surface area contributed by atoms with Crippen LogP contribution in [0.15, 0.2) is 53.4 Å². The van der Waals surface area contributed by atoms with Gasteiger partial charge in [0.25, 0.3) is 0 Å². The predicted octanol–water partition coefficient (Wildman–Crippen LogP) is 4.05. The first-order valence-corrected chi connectivity index (χ1v) is 5.93. The summed E-state index contributed by atoms with van der Waals surface area (Å²) in [5.41, 5.74) is 3.40. The van der Waals surface area contributed by atoms with Crippen molar-refractivity contribution in [3.63, 3.8) is 0 Å². The Morgan fingerprint density at radius 2 is 1.31 bits per heavy atom. The molecule has 0 bridgehead atoms. The lowest BCUT2D eigenvalue weighted by Gasteiger charge is -2.05. The van der Waals surface area contributed by atoms with Gasteiger partial charge in [0.2, 0.25) is 0 Å². The zero-order valence-electron chi connectivity index (χ0n) is 8.97. The third-order valence-corrected chi connectivity index (χ3v) is 3.21. The zero-order valence-corrected chi connectivity index (χ0v) is 10.7. The number of hydrogen-bond acceptors (Lipinski definition) is 2. The quantitative estimate of drug-likeness (QED) is 0.472. The Kier molecular flexibility index (Phi) is 3.42. The van der Waals surface area contributed by atoms with Crippen molar-refractivity contribution >= 4 is 29.7 Å². The van der Waals surface area contributed by atoms with Crippen molar-refractivity contribution in [3.05, 3.63) is 65.2 Å². The minimum Gasteiger partial charge on any atom is -0.143 e. The molecule has 2 heteroatoms. The summed E-state index contributed by atoms with van der Waals surface area (Å²) in [6.07, 6.45) is 0. The second-order valence-electron chi connectivity index (χ2n) is 3.74. The molecule has 0 unspecified atom stereocenters. The van der Waals surface area contributed by atoms with Crippen molar-refractivity contribution in [1.82, 2.24) is 0 Å². The van der Waals surface area contributed by atoms with Gasteiger partial charge in [0.15, 0.2) is 0 Å². The van der Waals surface area contributed by atoms with Gasteiger partial charge < -0.3 is 0 Å². The summed E-state index contributed by atoms with van der Waals surface area (Å²) in [6.45, 7) is 2.07. The van der Waals surface area contributed by atoms with Gasteiger partial charge in [0, 0.05) is 4.90 Å². The third-order valence-electron chi connectivity index (χ3n) is 2.44. The normalized spacial score (nSPS) is 10.1. The lowest BCUT2D eigenvalue weighted by molar-refractivity contribution is 1.45. The van der Waals surface area contributed by atoms with Crippen LogP contribution in [0.1, 0.15) is 16.7 Å². The summed E-state index contributed by atoms with van der Waals surface area (Å²) in [7, 11) is 0. The van der Waals surface area contributed by atoms with Crippen LogP contribution in [0.3, 0.4) is 0 Å². The van der Waals surface area contributed by atoms with E-state index in [-0.39, 0.29) is 0 Å². The van der Waals surface area contributed by atoms with Crippen LogP contribution in [0.4, 0.5) is 0 Å². The van der Waals surface area contributed by atoms with Gasteiger partial charge in [-0.05, 0) is 30.2 Å². The smallest absolute Gasteiger partial charge is 0.0521 e. The zero-order chi connectivity index (χ0) is 11.5. The molecule has 0 spiro atoms. The highest BCUT2D eigenvalue weighted by Gasteiger charge is 2.03. The van der Waals surface area contributed by atoms with E-state index in [1.165, 1.54) is 5.56 Å². The molecule has 0 N–H and O–H groups in total. The fourth-order valence-corrected chi connectivity index (χ4v) is 1.91. The summed E-state index contributed by atoms with van der Waals surface area (Å²) in [6, 6.07) is 16.2. The minimum absolute atomic E-state index is 0.883. The summed E-state index contributed by atoms with van der Waals surface area (Å²) >= 11 is 9.71. The molecule has 0 atom stereocenters. The molecular weight excluding hydrogens is 232 g/mol. The topological polar surface area (TPSA) is 0 Å². The molecule has 0 aromatic heterocycles. The van der Waals surface area contributed by atoms with Crippen LogP contribution >= 0.6 is 24.8 Å². The molecule has 80 valence electrons. The van der Waals surface area contributed by atoms with Gasteiger partial charge >= 0.3 is 0 Å². The number of thiocarbonyl (C=S) groups is 1. The van der Waals surface area contributed by atoms with Gasteiger partial charge in [-0.3, -0.25) is 0 Å². The Morgan fingerprint density at radius 1 is 0.875 bits per heavy atom. The van der Waals surface area contributed by atoms with Crippen molar-refractivity contribution in [2.24, 2.45) is 0 Å². The highest BCUT2D eigenvalue weighted by molar-refractivity contribution is 7.81. The van der Waals surface area contributed by atoms with E-state index in [9.17, 15) is 0 Å². The largest absolute Gasteiger partial charge is 0.143 e. The first-order valence-electron chi connectivity index (χ1n) is 5.07. The molecule has 0 aliphatic rings. The van der Waals surface area contributed by atoms with E-state index in [1.54, 1.807) is 0 Å². The number of benzene rings is 2. The van der Waals surface area contributed by atoms with Crippen molar-refractivity contribution in [3.8, 4) is 0 Å². The lowest BCUT2D eigenvalue weighted by atomic mass is 10.0. The van der Waals surface area contributed by atoms with Gasteiger partial charge in [-0.25, -0.2) is 0 Å². The van der Waals surface area contributed by atoms with Crippen LogP contribution in [0.2, 0.25) is 0 Å². The highest BCUT2D eigenvalue weighted by atomic mass is 32.1. The van der Waals surface area contributed by atoms with Crippen molar-refractivity contribution < 1.29 is 0 Å². The van der Waals surface area contributed by atoms with Crippen molar-refractivity contribution in [2.45, 2.75) is 11.8 Å². The summed E-state index contributed by atoms with van der Waals surface area (Å²) in [4.78, 5) is 1.84. The molecule has 0 nitrogen and oxygen atoms in total. The Balaban J connectivity index is 2.32. The number of rotatable bonds is 2. The second-order valence-corrected chi connectivity index (χ2v) is 4.67. The molecule has 0 amide bonds. The Bertz CT molecular complexity index is 448. The Labute approximate surface area is 107 Å². The Hall–Kier alpha value is -1.12. The molecule has 0 saturated carbocycles. The maximum absolute atomic E-state index is 5.45. The van der Waals surface area contributed by atoms with Gasteiger partial charge in [0.1, 0.15) is 0 Å². The van der Waals surface area contributed by atoms with Crippen LogP contribution in [0.25, 0.3) is 0 Å². The van der Waals surface area contributed by atoms with Crippen LogP contribution in [0.5, 0.6) is 0 Å². The van der Waals surface area contributed by atoms with Crippen molar-refractivity contribution in [1.29, 1.82) is 0 Å². The van der Waals surface area contributed by atoms with Crippen LogP contribution < -0.4 is 0 Å². The van der Waals surface area contributed by atoms with E-state index >= 15 is 0 Å². The van der Waals surface area contributed by atoms with Crippen LogP contribution in [0, 0.1) is 6.92 Å². The van der Waals surface area contributed by atoms with Crippen molar-refractivity contribution in [2.75, 3.05) is 0 Å². The maximum atomic E-state index is 5.45. The fourth-order valence-electron chi connectivity index (χ4n) is 1.48. The molecule has 0 aliphatic heterocycles. The van der Waals surface area contributed by atoms with Crippen LogP contribution in [-0.2, 0) is 0 Å². The van der Waals surface area contributed by atoms with E-state index in [1.807, 2.05) is 24.3 Å². The average Bonchev–Trinajstić information content (AvgIpc) is 2.30. The van der Waals surface area contributed by atoms with E-state index in [0.717, 1.165) is 20.9 Å². The first kappa shape index (κ1) is 11.4. The lowest BCUT2D eigenvalue weighted by Crippen LogP contribution is -1.99. The van der Waals surface area contributed by atoms with E-state index in [2.05, 4.69) is 43.8 Å². The molecule has 0 aliphatic carbocycles. The second kappa shape index (κ2) is 4.81. The van der Waals surface area contributed by atoms with Gasteiger partial charge in [-0.2, -0.15) is 0 Å². The molecule has 2 aromatic carbocycles. The van der Waals surface area contributed by atoms with Gasteiger partial charge in [-0.1, -0.05) is 54.2 Å². The van der Waals surface area contributed by atoms with E-state index in [0.29, 0.717) is 0 Å². The maximum Gasteiger partial charge on any atom is 0.0521 e. The number of hydrogen-bond donors (Lipinski definition) is 1. The van der Waals surface area contributed by atoms with E-state index < -0.39 is 0 Å². The molecule has 0 fully saturated rings. The monoisotopic (exact) mass is 244 g/mol. The molecule has 2 rings (SSSR count). The predicted molar refractivity (Wildman–Crippen MR) is 75.7 cm³/mol. The van der Waals surface area contributed by atoms with E-state index in [4.69, 9.17) is 12.2 Å². The number of thiol groups is 1. The summed E-state index contributed by atoms with van der Waals surface area (Å²) in [5, 5.41) is 0. The minimum atomic E-state index is 0.883. The Morgan fingerprint density at radius 3 is 1.81 bits per heavy atom. The summed E-state index contributed by atoms with van der Waals surface area (Å²) in [5.74, 6) is 0. The first-order chi connectivity index (χ1) is 7.66. The molecule has 0 radical (unpaired) electrons. The molecule has 0 heterocycles. The summed E-state index contributed by atoms with van der Waals surface area (Å²) < 4.78 is 0. The SMILES string of the molecule is Cc1ccc(C(=S)c2ccc(S)cc2)cc1. The van der Waals surface area contributed by atoms with Gasteiger partial charge in [0.05, 0.1) is 4.86 Å². The molecule has 0 saturated heterocycles. The van der Waals surface area contributed by atoms with Crippen LogP contribution in [-0.4, -0.2) is 4.86 Å². The highest BCUT2D eigenvalue weighted by Crippen LogP contribution is 2.14. The van der Waals surface area contributed by atoms with Gasteiger partial charge in [-0.15, -0.1) is 12.6 Å².